The molecule has 4 nitrogen and oxygen atoms in total. The van der Waals surface area contributed by atoms with Crippen LogP contribution in [0.25, 0.3) is 10.9 Å². The van der Waals surface area contributed by atoms with Crippen LogP contribution in [0.3, 0.4) is 0 Å². The van der Waals surface area contributed by atoms with Crippen molar-refractivity contribution >= 4 is 22.5 Å². The van der Waals surface area contributed by atoms with Gasteiger partial charge in [-0.25, -0.2) is 0 Å². The van der Waals surface area contributed by atoms with Gasteiger partial charge in [0.1, 0.15) is 0 Å². The van der Waals surface area contributed by atoms with Gasteiger partial charge < -0.3 is 9.80 Å². The zero-order chi connectivity index (χ0) is 19.3. The number of hydrogen-bond acceptors (Lipinski definition) is 3. The molecule has 0 saturated carbocycles. The number of anilines is 1. The van der Waals surface area contributed by atoms with E-state index in [1.165, 1.54) is 22.2 Å². The van der Waals surface area contributed by atoms with Crippen molar-refractivity contribution in [3.05, 3.63) is 71.9 Å². The lowest BCUT2D eigenvalue weighted by molar-refractivity contribution is -0.130. The maximum absolute atomic E-state index is 12.7. The third-order valence-electron chi connectivity index (χ3n) is 5.61. The summed E-state index contributed by atoms with van der Waals surface area (Å²) in [6.45, 7) is 5.56. The predicted molar refractivity (Wildman–Crippen MR) is 115 cm³/mol. The number of para-hydroxylation sites is 1. The molecule has 0 N–H and O–H groups in total. The minimum atomic E-state index is 0.265. The van der Waals surface area contributed by atoms with E-state index in [-0.39, 0.29) is 5.91 Å². The van der Waals surface area contributed by atoms with Gasteiger partial charge in [-0.15, -0.1) is 0 Å². The largest absolute Gasteiger partial charge is 0.369 e. The molecule has 0 unspecified atom stereocenters. The highest BCUT2D eigenvalue weighted by Crippen LogP contribution is 2.28. The highest BCUT2D eigenvalue weighted by Gasteiger charge is 2.20. The van der Waals surface area contributed by atoms with Crippen LogP contribution < -0.4 is 4.90 Å². The van der Waals surface area contributed by atoms with Crippen LogP contribution >= 0.6 is 0 Å². The van der Waals surface area contributed by atoms with E-state index in [9.17, 15) is 4.79 Å². The lowest BCUT2D eigenvalue weighted by Crippen LogP contribution is -2.35. The zero-order valence-corrected chi connectivity index (χ0v) is 16.5. The summed E-state index contributed by atoms with van der Waals surface area (Å²) in [7, 11) is 0. The van der Waals surface area contributed by atoms with Crippen molar-refractivity contribution < 1.29 is 4.79 Å². The first kappa shape index (κ1) is 18.5. The van der Waals surface area contributed by atoms with Gasteiger partial charge in [-0.05, 0) is 37.0 Å². The molecule has 2 aromatic carbocycles. The van der Waals surface area contributed by atoms with Crippen molar-refractivity contribution in [1.82, 2.24) is 9.88 Å². The van der Waals surface area contributed by atoms with Crippen LogP contribution in [0.5, 0.6) is 0 Å². The summed E-state index contributed by atoms with van der Waals surface area (Å²) in [6, 6.07) is 18.7. The number of nitrogens with zero attached hydrogens (tertiary/aromatic N) is 3. The number of carbonyl (C=O) groups is 1. The van der Waals surface area contributed by atoms with Gasteiger partial charge in [0.15, 0.2) is 0 Å². The molecule has 1 aliphatic rings. The summed E-state index contributed by atoms with van der Waals surface area (Å²) in [5, 5.41) is 1.20. The summed E-state index contributed by atoms with van der Waals surface area (Å²) in [5.74, 6) is 0.265. The molecule has 0 spiro atoms. The van der Waals surface area contributed by atoms with Crippen molar-refractivity contribution in [2.24, 2.45) is 0 Å². The van der Waals surface area contributed by atoms with E-state index < -0.39 is 0 Å². The van der Waals surface area contributed by atoms with E-state index >= 15 is 0 Å². The van der Waals surface area contributed by atoms with Gasteiger partial charge >= 0.3 is 0 Å². The standard InChI is InChI=1S/C24H27N3O/c1-19-7-5-10-21-22(13-14-25-24(19)21)26-15-6-16-27(18-17-26)23(28)12-11-20-8-3-2-4-9-20/h2-5,7-10,13-14H,6,11-12,15-18H2,1H3. The van der Waals surface area contributed by atoms with Gasteiger partial charge in [-0.3, -0.25) is 9.78 Å². The van der Waals surface area contributed by atoms with Crippen LogP contribution in [0, 0.1) is 6.92 Å². The van der Waals surface area contributed by atoms with Crippen LogP contribution in [0.15, 0.2) is 60.8 Å². The molecule has 4 heteroatoms. The number of pyridine rings is 1. The van der Waals surface area contributed by atoms with Crippen molar-refractivity contribution in [3.8, 4) is 0 Å². The van der Waals surface area contributed by atoms with E-state index in [0.29, 0.717) is 6.42 Å². The molecule has 3 aromatic rings. The first-order valence-electron chi connectivity index (χ1n) is 10.1. The molecule has 1 saturated heterocycles. The molecule has 144 valence electrons. The average Bonchev–Trinajstić information content (AvgIpc) is 2.99. The summed E-state index contributed by atoms with van der Waals surface area (Å²) in [5.41, 5.74) is 4.73. The normalized spacial score (nSPS) is 14.9. The molecule has 28 heavy (non-hydrogen) atoms. The zero-order valence-electron chi connectivity index (χ0n) is 16.5. The molecule has 2 heterocycles. The fourth-order valence-electron chi connectivity index (χ4n) is 4.05. The number of hydrogen-bond donors (Lipinski definition) is 0. The molecule has 1 amide bonds. The fraction of sp³-hybridized carbons (Fsp3) is 0.333. The fourth-order valence-corrected chi connectivity index (χ4v) is 4.05. The van der Waals surface area contributed by atoms with Crippen LogP contribution in [0.1, 0.15) is 24.0 Å². The van der Waals surface area contributed by atoms with Crippen molar-refractivity contribution in [3.63, 3.8) is 0 Å². The second-order valence-electron chi connectivity index (χ2n) is 7.51. The van der Waals surface area contributed by atoms with E-state index in [4.69, 9.17) is 0 Å². The molecule has 0 atom stereocenters. The van der Waals surface area contributed by atoms with E-state index in [0.717, 1.165) is 44.5 Å². The number of aromatic nitrogens is 1. The molecule has 0 aliphatic carbocycles. The Labute approximate surface area is 166 Å². The van der Waals surface area contributed by atoms with Crippen LogP contribution in [0.4, 0.5) is 5.69 Å². The Hall–Kier alpha value is -2.88. The maximum Gasteiger partial charge on any atom is 0.222 e. The lowest BCUT2D eigenvalue weighted by atomic mass is 10.1. The molecular weight excluding hydrogens is 346 g/mol. The van der Waals surface area contributed by atoms with E-state index in [2.05, 4.69) is 53.2 Å². The van der Waals surface area contributed by atoms with Crippen molar-refractivity contribution in [2.75, 3.05) is 31.1 Å². The Morgan fingerprint density at radius 1 is 0.964 bits per heavy atom. The SMILES string of the molecule is Cc1cccc2c(N3CCCN(C(=O)CCc4ccccc4)CC3)ccnc12. The Bertz CT molecular complexity index is 954. The van der Waals surface area contributed by atoms with Crippen molar-refractivity contribution in [1.29, 1.82) is 0 Å². The number of aryl methyl sites for hydroxylation is 2. The van der Waals surface area contributed by atoms with E-state index in [1.807, 2.05) is 29.3 Å². The molecule has 1 fully saturated rings. The average molecular weight is 374 g/mol. The van der Waals surface area contributed by atoms with Gasteiger partial charge in [0.05, 0.1) is 5.52 Å². The second kappa shape index (κ2) is 8.42. The van der Waals surface area contributed by atoms with Crippen LogP contribution in [-0.4, -0.2) is 42.0 Å². The van der Waals surface area contributed by atoms with Gasteiger partial charge in [0.25, 0.3) is 0 Å². The van der Waals surface area contributed by atoms with Gasteiger partial charge in [0, 0.05) is 49.9 Å². The summed E-state index contributed by atoms with van der Waals surface area (Å²) < 4.78 is 0. The first-order valence-corrected chi connectivity index (χ1v) is 10.1. The quantitative estimate of drug-likeness (QED) is 0.687. The third-order valence-corrected chi connectivity index (χ3v) is 5.61. The van der Waals surface area contributed by atoms with Crippen molar-refractivity contribution in [2.45, 2.75) is 26.2 Å². The molecule has 0 radical (unpaired) electrons. The minimum absolute atomic E-state index is 0.265. The summed E-state index contributed by atoms with van der Waals surface area (Å²) >= 11 is 0. The number of benzene rings is 2. The van der Waals surface area contributed by atoms with E-state index in [1.54, 1.807) is 0 Å². The molecular formula is C24H27N3O. The first-order chi connectivity index (χ1) is 13.7. The number of fused-ring (bicyclic) bond motifs is 1. The van der Waals surface area contributed by atoms with Crippen LogP contribution in [-0.2, 0) is 11.2 Å². The second-order valence-corrected chi connectivity index (χ2v) is 7.51. The Morgan fingerprint density at radius 2 is 1.82 bits per heavy atom. The predicted octanol–water partition coefficient (Wildman–Crippen LogP) is 4.21. The summed E-state index contributed by atoms with van der Waals surface area (Å²) in [6.07, 6.45) is 4.29. The maximum atomic E-state index is 12.7. The Morgan fingerprint density at radius 3 is 2.68 bits per heavy atom. The highest BCUT2D eigenvalue weighted by atomic mass is 16.2. The minimum Gasteiger partial charge on any atom is -0.369 e. The molecule has 4 rings (SSSR count). The topological polar surface area (TPSA) is 36.4 Å². The van der Waals surface area contributed by atoms with Gasteiger partial charge in [-0.1, -0.05) is 48.5 Å². The number of rotatable bonds is 4. The Balaban J connectivity index is 1.43. The third kappa shape index (κ3) is 4.01. The molecule has 1 aliphatic heterocycles. The number of carbonyl (C=O) groups excluding carboxylic acids is 1. The Kier molecular flexibility index (Phi) is 5.56. The van der Waals surface area contributed by atoms with Crippen LogP contribution in [0.2, 0.25) is 0 Å². The number of amides is 1. The monoisotopic (exact) mass is 373 g/mol. The molecule has 0 bridgehead atoms. The lowest BCUT2D eigenvalue weighted by Gasteiger charge is -2.25. The van der Waals surface area contributed by atoms with Gasteiger partial charge in [-0.2, -0.15) is 0 Å². The highest BCUT2D eigenvalue weighted by molar-refractivity contribution is 5.93. The van der Waals surface area contributed by atoms with Gasteiger partial charge in [0.2, 0.25) is 5.91 Å². The summed E-state index contributed by atoms with van der Waals surface area (Å²) in [4.78, 5) is 21.7. The smallest absolute Gasteiger partial charge is 0.222 e. The molecule has 1 aromatic heterocycles.